The summed E-state index contributed by atoms with van der Waals surface area (Å²) in [6, 6.07) is 21.7. The van der Waals surface area contributed by atoms with Crippen LogP contribution in [0.15, 0.2) is 72.3 Å². The van der Waals surface area contributed by atoms with Gasteiger partial charge in [0.15, 0.2) is 0 Å². The maximum atomic E-state index is 13.2. The van der Waals surface area contributed by atoms with E-state index in [0.717, 1.165) is 25.7 Å². The minimum Gasteiger partial charge on any atom is -0.407 e. The number of hydrogen-bond acceptors (Lipinski definition) is 2. The largest absolute Gasteiger partial charge is 0.407 e. The fourth-order valence-electron chi connectivity index (χ4n) is 7.11. The highest BCUT2D eigenvalue weighted by atomic mass is 28.4. The van der Waals surface area contributed by atoms with Crippen molar-refractivity contribution in [2.75, 3.05) is 6.61 Å². The molecule has 4 unspecified atom stereocenters. The third-order valence-corrected chi connectivity index (χ3v) is 13.8. The lowest BCUT2D eigenvalue weighted by molar-refractivity contribution is -0.125. The van der Waals surface area contributed by atoms with Crippen molar-refractivity contribution < 1.29 is 9.22 Å². The Bertz CT molecular complexity index is 996. The van der Waals surface area contributed by atoms with Crippen molar-refractivity contribution in [1.29, 1.82) is 0 Å². The Morgan fingerprint density at radius 3 is 2.15 bits per heavy atom. The molecule has 2 saturated carbocycles. The molecule has 5 rings (SSSR count). The van der Waals surface area contributed by atoms with Gasteiger partial charge in [-0.15, -0.1) is 0 Å². The van der Waals surface area contributed by atoms with Crippen molar-refractivity contribution in [1.82, 2.24) is 0 Å². The van der Waals surface area contributed by atoms with Crippen LogP contribution in [0.1, 0.15) is 59.8 Å². The minimum absolute atomic E-state index is 0.00588. The van der Waals surface area contributed by atoms with E-state index in [0.29, 0.717) is 24.2 Å². The van der Waals surface area contributed by atoms with Gasteiger partial charge in [-0.3, -0.25) is 4.79 Å². The molecule has 2 nitrogen and oxygen atoms in total. The molecule has 3 aliphatic rings. The molecule has 3 heteroatoms. The molecule has 4 atom stereocenters. The lowest BCUT2D eigenvalue weighted by atomic mass is 9.81. The maximum Gasteiger partial charge on any atom is 0.261 e. The molecule has 2 aromatic rings. The summed E-state index contributed by atoms with van der Waals surface area (Å²) in [5.74, 6) is 1.62. The van der Waals surface area contributed by atoms with Crippen molar-refractivity contribution in [3.63, 3.8) is 0 Å². The van der Waals surface area contributed by atoms with E-state index in [1.54, 1.807) is 5.57 Å². The van der Waals surface area contributed by atoms with Crippen LogP contribution in [0.25, 0.3) is 0 Å². The van der Waals surface area contributed by atoms with Gasteiger partial charge in [0.05, 0.1) is 0 Å². The third kappa shape index (κ3) is 3.68. The monoisotopic (exact) mass is 458 g/mol. The first-order valence-electron chi connectivity index (χ1n) is 12.8. The normalized spacial score (nSPS) is 28.8. The third-order valence-electron chi connectivity index (χ3n) is 8.76. The Hall–Kier alpha value is -1.97. The first-order chi connectivity index (χ1) is 15.8. The maximum absolute atomic E-state index is 13.2. The lowest BCUT2D eigenvalue weighted by Gasteiger charge is -2.43. The number of hydrogen-bond donors (Lipinski definition) is 0. The molecule has 0 spiro atoms. The summed E-state index contributed by atoms with van der Waals surface area (Å²) in [6.07, 6.45) is 7.70. The minimum atomic E-state index is -2.49. The Labute approximate surface area is 200 Å². The van der Waals surface area contributed by atoms with Gasteiger partial charge >= 0.3 is 0 Å². The Balaban J connectivity index is 1.33. The summed E-state index contributed by atoms with van der Waals surface area (Å²) < 4.78 is 7.05. The fourth-order valence-corrected chi connectivity index (χ4v) is 11.7. The molecule has 0 N–H and O–H groups in total. The average Bonchev–Trinajstić information content (AvgIpc) is 3.44. The molecule has 174 valence electrons. The zero-order valence-electron chi connectivity index (χ0n) is 20.6. The van der Waals surface area contributed by atoms with Crippen LogP contribution in [-0.4, -0.2) is 20.7 Å². The van der Waals surface area contributed by atoms with E-state index in [-0.39, 0.29) is 16.4 Å². The van der Waals surface area contributed by atoms with Gasteiger partial charge in [-0.2, -0.15) is 0 Å². The molecule has 0 aromatic heterocycles. The van der Waals surface area contributed by atoms with Gasteiger partial charge in [0, 0.05) is 18.4 Å². The molecule has 2 fully saturated rings. The Morgan fingerprint density at radius 2 is 1.58 bits per heavy atom. The van der Waals surface area contributed by atoms with Gasteiger partial charge in [0.1, 0.15) is 5.78 Å². The number of Topliss-reactive ketones (excluding diaryl/α,β-unsaturated/α-hetero) is 1. The molecule has 33 heavy (non-hydrogen) atoms. The molecular formula is C30H38O2Si. The fraction of sp³-hybridized carbons (Fsp3) is 0.500. The first-order valence-corrected chi connectivity index (χ1v) is 14.7. The summed E-state index contributed by atoms with van der Waals surface area (Å²) in [5, 5.41) is 2.64. The second-order valence-electron chi connectivity index (χ2n) is 11.7. The summed E-state index contributed by atoms with van der Waals surface area (Å²) in [7, 11) is -2.49. The first kappa shape index (κ1) is 22.8. The second-order valence-corrected chi connectivity index (χ2v) is 16.0. The van der Waals surface area contributed by atoms with Gasteiger partial charge in [-0.05, 0) is 58.8 Å². The lowest BCUT2D eigenvalue weighted by Crippen LogP contribution is -2.66. The quantitative estimate of drug-likeness (QED) is 0.293. The van der Waals surface area contributed by atoms with Crippen LogP contribution in [0, 0.1) is 23.2 Å². The standard InChI is InChI=1S/C30H38O2Si/c1-29(2,3)33(24-15-7-5-8-16-24,25-17-9-6-10-18-25)32-20-12-14-23-21-22-13-11-19-30(4)26(22)27(30)28(23)31/h5-10,13,15-18,23,26-27H,11-12,14,19-21H2,1-4H3. The van der Waals surface area contributed by atoms with Crippen LogP contribution in [0.4, 0.5) is 0 Å². The highest BCUT2D eigenvalue weighted by Gasteiger charge is 2.68. The number of benzene rings is 2. The van der Waals surface area contributed by atoms with Crippen molar-refractivity contribution in [2.45, 2.75) is 64.8 Å². The average molecular weight is 459 g/mol. The zero-order chi connectivity index (χ0) is 23.3. The molecule has 0 bridgehead atoms. The van der Waals surface area contributed by atoms with Crippen LogP contribution >= 0.6 is 0 Å². The van der Waals surface area contributed by atoms with Gasteiger partial charge in [0.25, 0.3) is 8.32 Å². The predicted molar refractivity (Wildman–Crippen MR) is 138 cm³/mol. The number of ketones is 1. The van der Waals surface area contributed by atoms with Crippen molar-refractivity contribution >= 4 is 24.5 Å². The van der Waals surface area contributed by atoms with E-state index in [4.69, 9.17) is 4.43 Å². The SMILES string of the molecule is CC12CCC=C3CC(CCCO[Si](c4ccccc4)(c4ccccc4)C(C)(C)C)C(=O)C1C32. The van der Waals surface area contributed by atoms with E-state index in [9.17, 15) is 4.79 Å². The van der Waals surface area contributed by atoms with Crippen LogP contribution in [0.2, 0.25) is 5.04 Å². The van der Waals surface area contributed by atoms with E-state index in [1.807, 2.05) is 0 Å². The van der Waals surface area contributed by atoms with E-state index in [2.05, 4.69) is 94.4 Å². The van der Waals surface area contributed by atoms with Crippen LogP contribution < -0.4 is 10.4 Å². The summed E-state index contributed by atoms with van der Waals surface area (Å²) in [6.45, 7) is 10.0. The highest BCUT2D eigenvalue weighted by Crippen LogP contribution is 2.70. The second kappa shape index (κ2) is 8.36. The van der Waals surface area contributed by atoms with E-state index >= 15 is 0 Å². The number of fused-ring (bicyclic) bond motifs is 1. The van der Waals surface area contributed by atoms with Gasteiger partial charge in [-0.25, -0.2) is 0 Å². The molecule has 0 amide bonds. The molecular weight excluding hydrogens is 420 g/mol. The van der Waals surface area contributed by atoms with Gasteiger partial charge < -0.3 is 4.43 Å². The Morgan fingerprint density at radius 1 is 0.970 bits per heavy atom. The Kier molecular flexibility index (Phi) is 5.77. The van der Waals surface area contributed by atoms with Gasteiger partial charge in [-0.1, -0.05) is 100 Å². The molecule has 2 aromatic carbocycles. The summed E-state index contributed by atoms with van der Waals surface area (Å²) in [5.41, 5.74) is 1.87. The topological polar surface area (TPSA) is 26.3 Å². The summed E-state index contributed by atoms with van der Waals surface area (Å²) in [4.78, 5) is 13.2. The number of rotatable bonds is 7. The smallest absolute Gasteiger partial charge is 0.261 e. The predicted octanol–water partition coefficient (Wildman–Crippen LogP) is 5.90. The highest BCUT2D eigenvalue weighted by molar-refractivity contribution is 6.99. The van der Waals surface area contributed by atoms with E-state index in [1.165, 1.54) is 16.8 Å². The summed E-state index contributed by atoms with van der Waals surface area (Å²) >= 11 is 0. The number of allylic oxidation sites excluding steroid dienone is 2. The molecule has 3 aliphatic carbocycles. The van der Waals surface area contributed by atoms with Crippen LogP contribution in [0.3, 0.4) is 0 Å². The van der Waals surface area contributed by atoms with Gasteiger partial charge in [0.2, 0.25) is 0 Å². The van der Waals surface area contributed by atoms with Crippen LogP contribution in [0.5, 0.6) is 0 Å². The van der Waals surface area contributed by atoms with E-state index < -0.39 is 8.32 Å². The molecule has 0 heterocycles. The molecule has 0 saturated heterocycles. The molecule has 0 aliphatic heterocycles. The van der Waals surface area contributed by atoms with Crippen molar-refractivity contribution in [3.8, 4) is 0 Å². The number of carbonyl (C=O) groups excluding carboxylic acids is 1. The number of carbonyl (C=O) groups is 1. The van der Waals surface area contributed by atoms with Crippen molar-refractivity contribution in [3.05, 3.63) is 72.3 Å². The zero-order valence-corrected chi connectivity index (χ0v) is 21.6. The van der Waals surface area contributed by atoms with Crippen LogP contribution in [-0.2, 0) is 9.22 Å². The van der Waals surface area contributed by atoms with Crippen molar-refractivity contribution in [2.24, 2.45) is 23.2 Å². The molecule has 0 radical (unpaired) electrons.